The lowest BCUT2D eigenvalue weighted by atomic mass is 10.2. The highest BCUT2D eigenvalue weighted by atomic mass is 19.1. The Labute approximate surface area is 94.0 Å². The van der Waals surface area contributed by atoms with Crippen LogP contribution in [0.4, 0.5) is 15.8 Å². The minimum absolute atomic E-state index is 0.0564. The van der Waals surface area contributed by atoms with Gasteiger partial charge in [0.2, 0.25) is 5.91 Å². The van der Waals surface area contributed by atoms with Crippen molar-refractivity contribution < 1.29 is 9.18 Å². The van der Waals surface area contributed by atoms with Crippen LogP contribution in [0.5, 0.6) is 0 Å². The van der Waals surface area contributed by atoms with Gasteiger partial charge in [-0.15, -0.1) is 0 Å². The molecule has 4 N–H and O–H groups in total. The average Bonchev–Trinajstić information content (AvgIpc) is 2.25. The zero-order valence-electron chi connectivity index (χ0n) is 9.22. The number of hydrogen-bond donors (Lipinski definition) is 3. The molecular weight excluding hydrogens is 209 g/mol. The van der Waals surface area contributed by atoms with E-state index in [1.165, 1.54) is 12.1 Å². The number of carbonyl (C=O) groups is 1. The lowest BCUT2D eigenvalue weighted by Gasteiger charge is -2.08. The van der Waals surface area contributed by atoms with Crippen LogP contribution in [0.1, 0.15) is 13.3 Å². The van der Waals surface area contributed by atoms with Gasteiger partial charge in [0.05, 0.1) is 12.2 Å². The lowest BCUT2D eigenvalue weighted by Crippen LogP contribution is -2.30. The van der Waals surface area contributed by atoms with Crippen LogP contribution >= 0.6 is 0 Å². The van der Waals surface area contributed by atoms with E-state index in [-0.39, 0.29) is 18.1 Å². The summed E-state index contributed by atoms with van der Waals surface area (Å²) in [5.74, 6) is -0.610. The van der Waals surface area contributed by atoms with Crippen LogP contribution in [0.25, 0.3) is 0 Å². The second kappa shape index (κ2) is 5.95. The van der Waals surface area contributed by atoms with E-state index in [1.807, 2.05) is 6.92 Å². The fourth-order valence-corrected chi connectivity index (χ4v) is 1.18. The molecule has 1 aromatic rings. The van der Waals surface area contributed by atoms with E-state index >= 15 is 0 Å². The third-order valence-electron chi connectivity index (χ3n) is 2.00. The zero-order chi connectivity index (χ0) is 12.0. The van der Waals surface area contributed by atoms with Crippen molar-refractivity contribution in [3.8, 4) is 0 Å². The Bertz CT molecular complexity index is 368. The Kier molecular flexibility index (Phi) is 4.57. The molecule has 88 valence electrons. The Balaban J connectivity index is 2.45. The summed E-state index contributed by atoms with van der Waals surface area (Å²) in [7, 11) is 0. The van der Waals surface area contributed by atoms with E-state index < -0.39 is 5.82 Å². The van der Waals surface area contributed by atoms with Crippen molar-refractivity contribution in [2.75, 3.05) is 24.1 Å². The smallest absolute Gasteiger partial charge is 0.239 e. The highest BCUT2D eigenvalue weighted by Gasteiger charge is 2.04. The zero-order valence-corrected chi connectivity index (χ0v) is 9.22. The van der Waals surface area contributed by atoms with Gasteiger partial charge >= 0.3 is 0 Å². The minimum Gasteiger partial charge on any atom is -0.399 e. The highest BCUT2D eigenvalue weighted by Crippen LogP contribution is 2.16. The largest absolute Gasteiger partial charge is 0.399 e. The molecule has 0 heterocycles. The predicted molar refractivity (Wildman–Crippen MR) is 62.6 cm³/mol. The monoisotopic (exact) mass is 225 g/mol. The van der Waals surface area contributed by atoms with E-state index in [2.05, 4.69) is 10.6 Å². The van der Waals surface area contributed by atoms with Gasteiger partial charge < -0.3 is 16.4 Å². The number of amides is 1. The first-order chi connectivity index (χ1) is 7.63. The summed E-state index contributed by atoms with van der Waals surface area (Å²) in [6.07, 6.45) is 0.877. The van der Waals surface area contributed by atoms with Crippen molar-refractivity contribution in [2.24, 2.45) is 0 Å². The van der Waals surface area contributed by atoms with Gasteiger partial charge in [-0.2, -0.15) is 0 Å². The molecule has 0 bridgehead atoms. The summed E-state index contributed by atoms with van der Waals surface area (Å²) in [5, 5.41) is 5.39. The lowest BCUT2D eigenvalue weighted by molar-refractivity contribution is -0.119. The SMILES string of the molecule is CCCNC(=O)CNc1ccc(N)cc1F. The quantitative estimate of drug-likeness (QED) is 0.662. The summed E-state index contributed by atoms with van der Waals surface area (Å²) >= 11 is 0. The molecule has 0 spiro atoms. The van der Waals surface area contributed by atoms with Crippen LogP contribution in [0.2, 0.25) is 0 Å². The number of hydrogen-bond acceptors (Lipinski definition) is 3. The third kappa shape index (κ3) is 3.76. The van der Waals surface area contributed by atoms with Crippen molar-refractivity contribution in [2.45, 2.75) is 13.3 Å². The van der Waals surface area contributed by atoms with Crippen LogP contribution in [-0.2, 0) is 4.79 Å². The van der Waals surface area contributed by atoms with Gasteiger partial charge in [-0.25, -0.2) is 4.39 Å². The summed E-state index contributed by atoms with van der Waals surface area (Å²) in [5.41, 5.74) is 6.04. The Morgan fingerprint density at radius 1 is 1.50 bits per heavy atom. The number of halogens is 1. The maximum Gasteiger partial charge on any atom is 0.239 e. The molecule has 0 aromatic heterocycles. The maximum atomic E-state index is 13.3. The first kappa shape index (κ1) is 12.3. The number of nitrogens with two attached hydrogens (primary N) is 1. The molecule has 1 aromatic carbocycles. The summed E-state index contributed by atoms with van der Waals surface area (Å²) in [6, 6.07) is 4.30. The van der Waals surface area contributed by atoms with Crippen molar-refractivity contribution in [1.82, 2.24) is 5.32 Å². The van der Waals surface area contributed by atoms with Gasteiger partial charge in [0.15, 0.2) is 0 Å². The number of nitrogen functional groups attached to an aromatic ring is 1. The van der Waals surface area contributed by atoms with E-state index in [0.717, 1.165) is 6.42 Å². The molecule has 0 atom stereocenters. The highest BCUT2D eigenvalue weighted by molar-refractivity contribution is 5.80. The first-order valence-corrected chi connectivity index (χ1v) is 5.19. The second-order valence-corrected chi connectivity index (χ2v) is 3.44. The molecule has 5 heteroatoms. The van der Waals surface area contributed by atoms with Gasteiger partial charge in [0.25, 0.3) is 0 Å². The van der Waals surface area contributed by atoms with Crippen LogP contribution < -0.4 is 16.4 Å². The molecule has 0 aliphatic rings. The van der Waals surface area contributed by atoms with Gasteiger partial charge in [0, 0.05) is 12.2 Å². The normalized spacial score (nSPS) is 9.88. The summed E-state index contributed by atoms with van der Waals surface area (Å²) < 4.78 is 13.3. The molecule has 0 saturated carbocycles. The summed E-state index contributed by atoms with van der Waals surface area (Å²) in [6.45, 7) is 2.65. The van der Waals surface area contributed by atoms with Crippen molar-refractivity contribution in [1.29, 1.82) is 0 Å². The predicted octanol–water partition coefficient (Wildman–Crippen LogP) is 1.35. The Hall–Kier alpha value is -1.78. The Morgan fingerprint density at radius 2 is 2.25 bits per heavy atom. The molecule has 0 unspecified atom stereocenters. The van der Waals surface area contributed by atoms with Crippen LogP contribution in [0.15, 0.2) is 18.2 Å². The average molecular weight is 225 g/mol. The summed E-state index contributed by atoms with van der Waals surface area (Å²) in [4.78, 5) is 11.2. The van der Waals surface area contributed by atoms with Gasteiger partial charge in [-0.3, -0.25) is 4.79 Å². The van der Waals surface area contributed by atoms with Crippen LogP contribution in [-0.4, -0.2) is 19.0 Å². The maximum absolute atomic E-state index is 13.3. The van der Waals surface area contributed by atoms with E-state index in [9.17, 15) is 9.18 Å². The van der Waals surface area contributed by atoms with E-state index in [1.54, 1.807) is 6.07 Å². The number of nitrogens with one attached hydrogen (secondary N) is 2. The topological polar surface area (TPSA) is 67.2 Å². The fraction of sp³-hybridized carbons (Fsp3) is 0.364. The van der Waals surface area contributed by atoms with Gasteiger partial charge in [-0.05, 0) is 24.6 Å². The van der Waals surface area contributed by atoms with Crippen LogP contribution in [0, 0.1) is 5.82 Å². The number of carbonyl (C=O) groups excluding carboxylic acids is 1. The van der Waals surface area contributed by atoms with Gasteiger partial charge in [0.1, 0.15) is 5.82 Å². The van der Waals surface area contributed by atoms with Gasteiger partial charge in [-0.1, -0.05) is 6.92 Å². The van der Waals surface area contributed by atoms with Crippen molar-refractivity contribution in [3.63, 3.8) is 0 Å². The molecule has 1 rings (SSSR count). The number of rotatable bonds is 5. The van der Waals surface area contributed by atoms with Crippen molar-refractivity contribution in [3.05, 3.63) is 24.0 Å². The molecule has 0 saturated heterocycles. The van der Waals surface area contributed by atoms with E-state index in [4.69, 9.17) is 5.73 Å². The molecular formula is C11H16FN3O. The number of anilines is 2. The fourth-order valence-electron chi connectivity index (χ4n) is 1.18. The Morgan fingerprint density at radius 3 is 2.88 bits per heavy atom. The standard InChI is InChI=1S/C11H16FN3O/c1-2-5-14-11(16)7-15-10-4-3-8(13)6-9(10)12/h3-4,6,15H,2,5,7,13H2,1H3,(H,14,16). The minimum atomic E-state index is -0.455. The molecule has 4 nitrogen and oxygen atoms in total. The molecule has 16 heavy (non-hydrogen) atoms. The molecule has 0 aliphatic carbocycles. The number of benzene rings is 1. The molecule has 0 fully saturated rings. The molecule has 0 radical (unpaired) electrons. The molecule has 1 amide bonds. The van der Waals surface area contributed by atoms with E-state index in [0.29, 0.717) is 12.2 Å². The van der Waals surface area contributed by atoms with Crippen molar-refractivity contribution >= 4 is 17.3 Å². The first-order valence-electron chi connectivity index (χ1n) is 5.19. The molecule has 0 aliphatic heterocycles. The second-order valence-electron chi connectivity index (χ2n) is 3.44. The third-order valence-corrected chi connectivity index (χ3v) is 2.00. The van der Waals surface area contributed by atoms with Crippen LogP contribution in [0.3, 0.4) is 0 Å².